The molecule has 2 amide bonds. The number of amides is 2. The van der Waals surface area contributed by atoms with Gasteiger partial charge < -0.3 is 19.7 Å². The van der Waals surface area contributed by atoms with Crippen LogP contribution < -0.4 is 15.0 Å². The Kier molecular flexibility index (Phi) is 7.15. The second kappa shape index (κ2) is 10.4. The molecule has 0 aromatic heterocycles. The summed E-state index contributed by atoms with van der Waals surface area (Å²) in [7, 11) is 0. The lowest BCUT2D eigenvalue weighted by Gasteiger charge is -2.17. The van der Waals surface area contributed by atoms with Gasteiger partial charge in [0.25, 0.3) is 5.91 Å². The maximum atomic E-state index is 12.5. The zero-order valence-corrected chi connectivity index (χ0v) is 20.0. The summed E-state index contributed by atoms with van der Waals surface area (Å²) >= 11 is 0. The number of aryl methyl sites for hydroxylation is 3. The molecule has 35 heavy (non-hydrogen) atoms. The highest BCUT2D eigenvalue weighted by atomic mass is 16.5. The highest BCUT2D eigenvalue weighted by Crippen LogP contribution is 2.29. The molecule has 4 rings (SSSR count). The molecule has 1 fully saturated rings. The van der Waals surface area contributed by atoms with E-state index >= 15 is 0 Å². The monoisotopic (exact) mass is 472 g/mol. The Bertz CT molecular complexity index is 1240. The Hall–Kier alpha value is -4.13. The van der Waals surface area contributed by atoms with Crippen molar-refractivity contribution >= 4 is 29.2 Å². The van der Waals surface area contributed by atoms with Gasteiger partial charge in [0.05, 0.1) is 5.92 Å². The average molecular weight is 473 g/mol. The van der Waals surface area contributed by atoms with E-state index in [1.54, 1.807) is 29.2 Å². The van der Waals surface area contributed by atoms with E-state index in [0.29, 0.717) is 17.1 Å². The normalized spacial score (nSPS) is 15.1. The second-order valence-electron chi connectivity index (χ2n) is 8.79. The SMILES string of the molecule is Cc1ccc(Oc2ccc(N3C[C@@H](C(=O)OCC(=O)Nc4ccc(C)cc4C)CC3=O)cc2)cc1. The van der Waals surface area contributed by atoms with Gasteiger partial charge in [0, 0.05) is 24.3 Å². The van der Waals surface area contributed by atoms with Gasteiger partial charge in [0.2, 0.25) is 5.91 Å². The second-order valence-corrected chi connectivity index (χ2v) is 8.79. The van der Waals surface area contributed by atoms with Gasteiger partial charge in [-0.1, -0.05) is 35.4 Å². The largest absolute Gasteiger partial charge is 0.457 e. The van der Waals surface area contributed by atoms with Gasteiger partial charge >= 0.3 is 5.97 Å². The van der Waals surface area contributed by atoms with E-state index in [0.717, 1.165) is 22.4 Å². The molecular weight excluding hydrogens is 444 g/mol. The van der Waals surface area contributed by atoms with Gasteiger partial charge in [-0.2, -0.15) is 0 Å². The van der Waals surface area contributed by atoms with E-state index in [2.05, 4.69) is 5.32 Å². The van der Waals surface area contributed by atoms with Crippen LogP contribution in [0.25, 0.3) is 0 Å². The highest BCUT2D eigenvalue weighted by Gasteiger charge is 2.36. The molecule has 7 nitrogen and oxygen atoms in total. The summed E-state index contributed by atoms with van der Waals surface area (Å²) in [5, 5.41) is 2.75. The number of hydrogen-bond acceptors (Lipinski definition) is 5. The quantitative estimate of drug-likeness (QED) is 0.493. The summed E-state index contributed by atoms with van der Waals surface area (Å²) in [5.41, 5.74) is 4.52. The number of nitrogens with zero attached hydrogens (tertiary/aromatic N) is 1. The average Bonchev–Trinajstić information content (AvgIpc) is 3.23. The number of carbonyl (C=O) groups excluding carboxylic acids is 3. The molecule has 0 spiro atoms. The van der Waals surface area contributed by atoms with Gasteiger partial charge in [-0.25, -0.2) is 0 Å². The van der Waals surface area contributed by atoms with Gasteiger partial charge in [-0.05, 0) is 68.8 Å². The summed E-state index contributed by atoms with van der Waals surface area (Å²) in [4.78, 5) is 38.8. The minimum Gasteiger partial charge on any atom is -0.457 e. The van der Waals surface area contributed by atoms with Crippen LogP contribution in [0.5, 0.6) is 11.5 Å². The molecule has 7 heteroatoms. The van der Waals surface area contributed by atoms with Crippen molar-refractivity contribution in [2.75, 3.05) is 23.4 Å². The van der Waals surface area contributed by atoms with Gasteiger partial charge in [0.1, 0.15) is 11.5 Å². The topological polar surface area (TPSA) is 84.9 Å². The lowest BCUT2D eigenvalue weighted by atomic mass is 10.1. The zero-order valence-electron chi connectivity index (χ0n) is 20.0. The third-order valence-corrected chi connectivity index (χ3v) is 5.86. The minimum absolute atomic E-state index is 0.0408. The first kappa shape index (κ1) is 24.0. The molecule has 0 saturated carbocycles. The van der Waals surface area contributed by atoms with E-state index in [1.165, 1.54) is 0 Å². The van der Waals surface area contributed by atoms with Crippen molar-refractivity contribution in [1.82, 2.24) is 0 Å². The predicted molar refractivity (Wildman–Crippen MR) is 134 cm³/mol. The van der Waals surface area contributed by atoms with Crippen molar-refractivity contribution in [3.05, 3.63) is 83.4 Å². The Balaban J connectivity index is 1.29. The van der Waals surface area contributed by atoms with E-state index in [9.17, 15) is 14.4 Å². The third-order valence-electron chi connectivity index (χ3n) is 5.86. The molecule has 0 unspecified atom stereocenters. The van der Waals surface area contributed by atoms with Crippen molar-refractivity contribution in [2.45, 2.75) is 27.2 Å². The molecule has 1 atom stereocenters. The maximum absolute atomic E-state index is 12.5. The number of carbonyl (C=O) groups is 3. The van der Waals surface area contributed by atoms with Gasteiger partial charge in [-0.15, -0.1) is 0 Å². The summed E-state index contributed by atoms with van der Waals surface area (Å²) in [5.74, 6) is -0.398. The van der Waals surface area contributed by atoms with Crippen LogP contribution in [0.1, 0.15) is 23.1 Å². The molecular formula is C28H28N2O5. The van der Waals surface area contributed by atoms with Crippen LogP contribution in [0, 0.1) is 26.7 Å². The fourth-order valence-corrected chi connectivity index (χ4v) is 3.95. The molecule has 1 saturated heterocycles. The first-order valence-corrected chi connectivity index (χ1v) is 11.5. The lowest BCUT2D eigenvalue weighted by Crippen LogP contribution is -2.28. The number of nitrogens with one attached hydrogen (secondary N) is 1. The molecule has 1 aliphatic heterocycles. The van der Waals surface area contributed by atoms with E-state index in [-0.39, 0.29) is 18.9 Å². The molecule has 0 aliphatic carbocycles. The van der Waals surface area contributed by atoms with Crippen LogP contribution in [0.3, 0.4) is 0 Å². The number of ether oxygens (including phenoxy) is 2. The van der Waals surface area contributed by atoms with E-state index < -0.39 is 24.4 Å². The number of hydrogen-bond donors (Lipinski definition) is 1. The summed E-state index contributed by atoms with van der Waals surface area (Å²) in [6, 6.07) is 20.5. The molecule has 1 heterocycles. The predicted octanol–water partition coefficient (Wildman–Crippen LogP) is 4.94. The Labute approximate surface area is 204 Å². The Morgan fingerprint density at radius 3 is 2.20 bits per heavy atom. The fraction of sp³-hybridized carbons (Fsp3) is 0.250. The van der Waals surface area contributed by atoms with Crippen molar-refractivity contribution in [2.24, 2.45) is 5.92 Å². The first-order valence-electron chi connectivity index (χ1n) is 11.5. The summed E-state index contributed by atoms with van der Waals surface area (Å²) < 4.78 is 11.0. The van der Waals surface area contributed by atoms with Crippen LogP contribution >= 0.6 is 0 Å². The minimum atomic E-state index is -0.625. The van der Waals surface area contributed by atoms with Crippen LogP contribution in [0.4, 0.5) is 11.4 Å². The lowest BCUT2D eigenvalue weighted by molar-refractivity contribution is -0.151. The van der Waals surface area contributed by atoms with Crippen LogP contribution in [0.2, 0.25) is 0 Å². The van der Waals surface area contributed by atoms with E-state index in [4.69, 9.17) is 9.47 Å². The Morgan fingerprint density at radius 1 is 0.914 bits per heavy atom. The van der Waals surface area contributed by atoms with Crippen LogP contribution in [-0.4, -0.2) is 30.9 Å². The molecule has 180 valence electrons. The molecule has 0 radical (unpaired) electrons. The summed E-state index contributed by atoms with van der Waals surface area (Å²) in [6.45, 7) is 5.68. The zero-order chi connectivity index (χ0) is 24.9. The van der Waals surface area contributed by atoms with Crippen molar-refractivity contribution in [3.8, 4) is 11.5 Å². The van der Waals surface area contributed by atoms with E-state index in [1.807, 2.05) is 63.2 Å². The number of benzene rings is 3. The molecule has 1 N–H and O–H groups in total. The smallest absolute Gasteiger partial charge is 0.311 e. The van der Waals surface area contributed by atoms with Crippen molar-refractivity contribution in [1.29, 1.82) is 0 Å². The summed E-state index contributed by atoms with van der Waals surface area (Å²) in [6.07, 6.45) is 0.0408. The molecule has 0 bridgehead atoms. The van der Waals surface area contributed by atoms with Gasteiger partial charge in [0.15, 0.2) is 6.61 Å². The first-order chi connectivity index (χ1) is 16.8. The standard InChI is InChI=1S/C28H28N2O5/c1-18-4-9-23(10-5-18)35-24-11-7-22(8-12-24)30-16-21(15-27(30)32)28(33)34-17-26(31)29-25-13-6-19(2)14-20(25)3/h4-14,21H,15-17H2,1-3H3,(H,29,31)/t21-/m0/s1. The maximum Gasteiger partial charge on any atom is 0.311 e. The van der Waals surface area contributed by atoms with Crippen LogP contribution in [-0.2, 0) is 19.1 Å². The van der Waals surface area contributed by atoms with Crippen molar-refractivity contribution < 1.29 is 23.9 Å². The molecule has 3 aromatic rings. The van der Waals surface area contributed by atoms with Crippen molar-refractivity contribution in [3.63, 3.8) is 0 Å². The van der Waals surface area contributed by atoms with Gasteiger partial charge in [-0.3, -0.25) is 14.4 Å². The number of anilines is 2. The fourth-order valence-electron chi connectivity index (χ4n) is 3.95. The Morgan fingerprint density at radius 2 is 1.54 bits per heavy atom. The third kappa shape index (κ3) is 6.06. The number of rotatable bonds is 7. The number of esters is 1. The highest BCUT2D eigenvalue weighted by molar-refractivity contribution is 6.00. The molecule has 1 aliphatic rings. The molecule has 3 aromatic carbocycles. The van der Waals surface area contributed by atoms with Crippen LogP contribution in [0.15, 0.2) is 66.7 Å².